The molecule has 0 unspecified atom stereocenters. The summed E-state index contributed by atoms with van der Waals surface area (Å²) in [4.78, 5) is 4.75. The Hall–Kier alpha value is -3.40. The topological polar surface area (TPSA) is 37.0 Å². The standard InChI is InChI=1S/C20H17N4/c1-4-10-17(11-5-1)21-20-22-24(19-14-8-3-9-15-19)16-23(20)18-12-6-2-7-13-18/h1-16H,(H,21,22)/q+1. The minimum atomic E-state index is 0.760. The lowest BCUT2D eigenvalue weighted by molar-refractivity contribution is -0.613. The van der Waals surface area contributed by atoms with E-state index in [4.69, 9.17) is 4.99 Å². The fourth-order valence-electron chi connectivity index (χ4n) is 2.56. The normalized spacial score (nSPS) is 11.6. The Morgan fingerprint density at radius 3 is 1.96 bits per heavy atom. The average molecular weight is 313 g/mol. The van der Waals surface area contributed by atoms with Gasteiger partial charge in [-0.05, 0) is 36.4 Å². The van der Waals surface area contributed by atoms with Gasteiger partial charge in [0.25, 0.3) is 0 Å². The van der Waals surface area contributed by atoms with Crippen molar-refractivity contribution in [1.82, 2.24) is 9.78 Å². The highest BCUT2D eigenvalue weighted by atomic mass is 15.4. The number of hydrogen-bond donors (Lipinski definition) is 1. The summed E-state index contributed by atoms with van der Waals surface area (Å²) in [5.74, 6) is 0. The number of aromatic amines is 1. The molecule has 3 aromatic carbocycles. The third-order valence-corrected chi connectivity index (χ3v) is 3.74. The van der Waals surface area contributed by atoms with E-state index in [-0.39, 0.29) is 0 Å². The molecule has 0 spiro atoms. The predicted octanol–water partition coefficient (Wildman–Crippen LogP) is 3.31. The summed E-state index contributed by atoms with van der Waals surface area (Å²) in [6.07, 6.45) is 2.01. The average Bonchev–Trinajstić information content (AvgIpc) is 3.08. The third kappa shape index (κ3) is 2.90. The number of hydrogen-bond acceptors (Lipinski definition) is 1. The summed E-state index contributed by atoms with van der Waals surface area (Å²) in [6, 6.07) is 30.3. The first kappa shape index (κ1) is 14.2. The quantitative estimate of drug-likeness (QED) is 0.564. The molecule has 0 aliphatic carbocycles. The fourth-order valence-corrected chi connectivity index (χ4v) is 2.56. The van der Waals surface area contributed by atoms with Crippen LogP contribution in [0.2, 0.25) is 0 Å². The number of rotatable bonds is 3. The molecule has 24 heavy (non-hydrogen) atoms. The SMILES string of the molecule is c1ccc(/N=c2/[nH]n(-c3ccccc3)c[n+]2-c2ccccc2)cc1. The van der Waals surface area contributed by atoms with Crippen molar-refractivity contribution in [3.05, 3.63) is 103 Å². The predicted molar refractivity (Wildman–Crippen MR) is 93.3 cm³/mol. The van der Waals surface area contributed by atoms with Gasteiger partial charge in [-0.1, -0.05) is 54.6 Å². The molecule has 116 valence electrons. The van der Waals surface area contributed by atoms with Gasteiger partial charge in [-0.2, -0.15) is 9.67 Å². The number of H-pyrrole nitrogens is 1. The molecule has 0 atom stereocenters. The minimum Gasteiger partial charge on any atom is -0.193 e. The van der Waals surface area contributed by atoms with Crippen LogP contribution in [0.15, 0.2) is 102 Å². The smallest absolute Gasteiger partial charge is 0.193 e. The van der Waals surface area contributed by atoms with Crippen LogP contribution in [0.3, 0.4) is 0 Å². The lowest BCUT2D eigenvalue weighted by Gasteiger charge is -1.96. The zero-order valence-electron chi connectivity index (χ0n) is 13.1. The summed E-state index contributed by atoms with van der Waals surface area (Å²) in [5, 5.41) is 3.36. The van der Waals surface area contributed by atoms with Crippen molar-refractivity contribution in [2.24, 2.45) is 4.99 Å². The van der Waals surface area contributed by atoms with Gasteiger partial charge >= 0.3 is 5.62 Å². The second-order valence-corrected chi connectivity index (χ2v) is 5.41. The molecule has 4 aromatic rings. The number of nitrogens with zero attached hydrogens (tertiary/aromatic N) is 3. The number of benzene rings is 3. The first-order valence-corrected chi connectivity index (χ1v) is 7.84. The Morgan fingerprint density at radius 2 is 1.29 bits per heavy atom. The molecule has 4 rings (SSSR count). The van der Waals surface area contributed by atoms with Crippen molar-refractivity contribution in [3.63, 3.8) is 0 Å². The first-order valence-electron chi connectivity index (χ1n) is 7.84. The van der Waals surface area contributed by atoms with Crippen molar-refractivity contribution >= 4 is 5.69 Å². The molecule has 0 amide bonds. The Morgan fingerprint density at radius 1 is 0.708 bits per heavy atom. The highest BCUT2D eigenvalue weighted by molar-refractivity contribution is 5.35. The van der Waals surface area contributed by atoms with Gasteiger partial charge in [-0.3, -0.25) is 0 Å². The van der Waals surface area contributed by atoms with E-state index in [9.17, 15) is 0 Å². The zero-order valence-corrected chi connectivity index (χ0v) is 13.1. The van der Waals surface area contributed by atoms with Crippen LogP contribution in [0.4, 0.5) is 5.69 Å². The second kappa shape index (κ2) is 6.38. The molecule has 0 radical (unpaired) electrons. The highest BCUT2D eigenvalue weighted by Gasteiger charge is 2.11. The van der Waals surface area contributed by atoms with Gasteiger partial charge in [0.15, 0.2) is 0 Å². The van der Waals surface area contributed by atoms with E-state index in [0.29, 0.717) is 0 Å². The van der Waals surface area contributed by atoms with Gasteiger partial charge in [0.1, 0.15) is 11.4 Å². The molecule has 0 aliphatic heterocycles. The van der Waals surface area contributed by atoms with Gasteiger partial charge < -0.3 is 0 Å². The van der Waals surface area contributed by atoms with Crippen molar-refractivity contribution in [2.75, 3.05) is 0 Å². The first-order chi connectivity index (χ1) is 11.9. The van der Waals surface area contributed by atoms with E-state index in [1.807, 2.05) is 82.3 Å². The maximum atomic E-state index is 4.75. The van der Waals surface area contributed by atoms with Gasteiger partial charge in [0, 0.05) is 0 Å². The molecule has 1 N–H and O–H groups in total. The Kier molecular flexibility index (Phi) is 3.78. The van der Waals surface area contributed by atoms with Gasteiger partial charge in [0.2, 0.25) is 6.33 Å². The van der Waals surface area contributed by atoms with Crippen LogP contribution >= 0.6 is 0 Å². The lowest BCUT2D eigenvalue weighted by Crippen LogP contribution is -2.45. The Bertz CT molecular complexity index is 984. The molecule has 4 heteroatoms. The van der Waals surface area contributed by atoms with E-state index in [1.54, 1.807) is 0 Å². The highest BCUT2D eigenvalue weighted by Crippen LogP contribution is 2.08. The molecule has 0 saturated carbocycles. The van der Waals surface area contributed by atoms with Crippen molar-refractivity contribution in [3.8, 4) is 11.4 Å². The van der Waals surface area contributed by atoms with Crippen LogP contribution in [0.1, 0.15) is 0 Å². The minimum absolute atomic E-state index is 0.760. The molecule has 0 aliphatic rings. The van der Waals surface area contributed by atoms with Crippen LogP contribution in [0.5, 0.6) is 0 Å². The van der Waals surface area contributed by atoms with Crippen LogP contribution in [0, 0.1) is 0 Å². The zero-order chi connectivity index (χ0) is 16.2. The molecule has 4 nitrogen and oxygen atoms in total. The number of para-hydroxylation sites is 3. The summed E-state index contributed by atoms with van der Waals surface area (Å²) in [5.41, 5.74) is 3.77. The summed E-state index contributed by atoms with van der Waals surface area (Å²) in [7, 11) is 0. The molecule has 1 aromatic heterocycles. The van der Waals surface area contributed by atoms with Crippen LogP contribution in [-0.4, -0.2) is 9.78 Å². The Balaban J connectivity index is 1.91. The summed E-state index contributed by atoms with van der Waals surface area (Å²) >= 11 is 0. The third-order valence-electron chi connectivity index (χ3n) is 3.74. The van der Waals surface area contributed by atoms with Crippen molar-refractivity contribution < 1.29 is 4.57 Å². The summed E-state index contributed by atoms with van der Waals surface area (Å²) in [6.45, 7) is 0. The van der Waals surface area contributed by atoms with E-state index in [1.165, 1.54) is 0 Å². The van der Waals surface area contributed by atoms with E-state index >= 15 is 0 Å². The number of nitrogens with one attached hydrogen (secondary N) is 1. The molecule has 0 saturated heterocycles. The van der Waals surface area contributed by atoms with Crippen LogP contribution in [0.25, 0.3) is 11.4 Å². The van der Waals surface area contributed by atoms with E-state index in [0.717, 1.165) is 22.7 Å². The molecular formula is C20H17N4+. The maximum absolute atomic E-state index is 4.75. The largest absolute Gasteiger partial charge is 0.382 e. The summed E-state index contributed by atoms with van der Waals surface area (Å²) < 4.78 is 4.01. The number of aromatic nitrogens is 3. The van der Waals surface area contributed by atoms with E-state index in [2.05, 4.69) is 29.4 Å². The lowest BCUT2D eigenvalue weighted by atomic mass is 10.3. The molecule has 0 bridgehead atoms. The molecule has 0 fully saturated rings. The van der Waals surface area contributed by atoms with Crippen molar-refractivity contribution in [2.45, 2.75) is 0 Å². The van der Waals surface area contributed by atoms with Gasteiger partial charge in [0.05, 0.1) is 5.69 Å². The van der Waals surface area contributed by atoms with Gasteiger partial charge in [-0.25, -0.2) is 0 Å². The second-order valence-electron chi connectivity index (χ2n) is 5.41. The molecule has 1 heterocycles. The maximum Gasteiger partial charge on any atom is 0.382 e. The Labute approximate surface area is 140 Å². The monoisotopic (exact) mass is 313 g/mol. The van der Waals surface area contributed by atoms with Gasteiger partial charge in [-0.15, -0.1) is 9.67 Å². The van der Waals surface area contributed by atoms with Crippen LogP contribution < -0.4 is 10.2 Å². The van der Waals surface area contributed by atoms with E-state index < -0.39 is 0 Å². The van der Waals surface area contributed by atoms with Crippen LogP contribution in [-0.2, 0) is 0 Å². The van der Waals surface area contributed by atoms with Crippen molar-refractivity contribution in [1.29, 1.82) is 0 Å². The fraction of sp³-hybridized carbons (Fsp3) is 0. The molecular weight excluding hydrogens is 296 g/mol.